The Balaban J connectivity index is 1.68. The van der Waals surface area contributed by atoms with Crippen LogP contribution >= 0.6 is 11.3 Å². The lowest BCUT2D eigenvalue weighted by molar-refractivity contribution is -0.121. The van der Waals surface area contributed by atoms with E-state index in [0.29, 0.717) is 31.1 Å². The lowest BCUT2D eigenvalue weighted by atomic mass is 10.1. The molecule has 7 nitrogen and oxygen atoms in total. The van der Waals surface area contributed by atoms with Crippen molar-refractivity contribution < 1.29 is 13.2 Å². The van der Waals surface area contributed by atoms with Crippen LogP contribution in [0.1, 0.15) is 36.0 Å². The highest BCUT2D eigenvalue weighted by atomic mass is 32.2. The van der Waals surface area contributed by atoms with E-state index >= 15 is 0 Å². The molecule has 1 aliphatic heterocycles. The predicted octanol–water partition coefficient (Wildman–Crippen LogP) is 4.36. The van der Waals surface area contributed by atoms with Crippen molar-refractivity contribution in [1.29, 1.82) is 0 Å². The van der Waals surface area contributed by atoms with Crippen molar-refractivity contribution in [1.82, 2.24) is 14.2 Å². The Morgan fingerprint density at radius 1 is 1.09 bits per heavy atom. The molecule has 1 saturated heterocycles. The molecule has 0 bridgehead atoms. The number of nitrogens with zero attached hydrogens (tertiary/aromatic N) is 4. The Kier molecular flexibility index (Phi) is 7.61. The van der Waals surface area contributed by atoms with E-state index in [-0.39, 0.29) is 10.8 Å². The number of fused-ring (bicyclic) bond motifs is 1. The summed E-state index contributed by atoms with van der Waals surface area (Å²) < 4.78 is 29.4. The maximum absolute atomic E-state index is 14.0. The van der Waals surface area contributed by atoms with Crippen LogP contribution in [0.2, 0.25) is 0 Å². The van der Waals surface area contributed by atoms with Crippen molar-refractivity contribution in [2.75, 3.05) is 38.6 Å². The second-order valence-corrected chi connectivity index (χ2v) is 12.5. The van der Waals surface area contributed by atoms with Crippen LogP contribution in [0.3, 0.4) is 0 Å². The number of carbonyl (C=O) groups is 1. The summed E-state index contributed by atoms with van der Waals surface area (Å²) in [4.78, 5) is 22.9. The number of anilines is 1. The summed E-state index contributed by atoms with van der Waals surface area (Å²) in [6.45, 7) is 7.68. The maximum Gasteiger partial charge on any atom is 0.247 e. The summed E-state index contributed by atoms with van der Waals surface area (Å²) in [5.41, 5.74) is 4.17. The van der Waals surface area contributed by atoms with Crippen LogP contribution in [0.25, 0.3) is 10.2 Å². The molecule has 188 valence electrons. The molecule has 3 aromatic rings. The number of sulfonamides is 1. The second-order valence-electron chi connectivity index (χ2n) is 9.58. The minimum atomic E-state index is -3.78. The number of benzene rings is 2. The van der Waals surface area contributed by atoms with E-state index in [9.17, 15) is 13.2 Å². The molecule has 1 unspecified atom stereocenters. The van der Waals surface area contributed by atoms with Crippen molar-refractivity contribution in [2.45, 2.75) is 51.0 Å². The van der Waals surface area contributed by atoms with Crippen LogP contribution < -0.4 is 4.90 Å². The van der Waals surface area contributed by atoms with Gasteiger partial charge in [0.1, 0.15) is 6.04 Å². The van der Waals surface area contributed by atoms with Crippen LogP contribution in [0.4, 0.5) is 5.13 Å². The van der Waals surface area contributed by atoms with Crippen molar-refractivity contribution >= 4 is 42.6 Å². The van der Waals surface area contributed by atoms with Gasteiger partial charge in [-0.2, -0.15) is 4.31 Å². The van der Waals surface area contributed by atoms with Crippen LogP contribution in [0, 0.1) is 20.8 Å². The van der Waals surface area contributed by atoms with Gasteiger partial charge < -0.3 is 4.90 Å². The van der Waals surface area contributed by atoms with Crippen molar-refractivity contribution in [3.05, 3.63) is 53.1 Å². The second kappa shape index (κ2) is 10.3. The summed E-state index contributed by atoms with van der Waals surface area (Å²) in [6, 6.07) is 10.2. The third-order valence-corrected chi connectivity index (χ3v) is 9.64. The van der Waals surface area contributed by atoms with E-state index in [2.05, 4.69) is 17.9 Å². The lowest BCUT2D eigenvalue weighted by Crippen LogP contribution is -2.48. The Hall–Kier alpha value is -2.33. The topological polar surface area (TPSA) is 73.8 Å². The number of carbonyl (C=O) groups excluding carboxylic acids is 1. The number of amides is 1. The van der Waals surface area contributed by atoms with Gasteiger partial charge in [0.05, 0.1) is 15.1 Å². The van der Waals surface area contributed by atoms with E-state index < -0.39 is 16.1 Å². The molecular formula is C26H34N4O3S2. The minimum Gasteiger partial charge on any atom is -0.309 e. The first kappa shape index (κ1) is 25.8. The van der Waals surface area contributed by atoms with E-state index in [4.69, 9.17) is 4.98 Å². The Morgan fingerprint density at radius 2 is 1.80 bits per heavy atom. The van der Waals surface area contributed by atoms with E-state index in [1.54, 1.807) is 29.2 Å². The Morgan fingerprint density at radius 3 is 2.49 bits per heavy atom. The van der Waals surface area contributed by atoms with Gasteiger partial charge in [0.2, 0.25) is 15.9 Å². The molecule has 2 heterocycles. The van der Waals surface area contributed by atoms with Gasteiger partial charge in [0, 0.05) is 13.1 Å². The molecule has 9 heteroatoms. The fraction of sp³-hybridized carbons (Fsp3) is 0.462. The quantitative estimate of drug-likeness (QED) is 0.447. The predicted molar refractivity (Wildman–Crippen MR) is 143 cm³/mol. The molecule has 0 aliphatic carbocycles. The first-order valence-electron chi connectivity index (χ1n) is 12.0. The first-order valence-corrected chi connectivity index (χ1v) is 14.3. The third kappa shape index (κ3) is 5.28. The van der Waals surface area contributed by atoms with Crippen molar-refractivity contribution in [2.24, 2.45) is 0 Å². The van der Waals surface area contributed by atoms with Crippen LogP contribution in [0.5, 0.6) is 0 Å². The van der Waals surface area contributed by atoms with Crippen molar-refractivity contribution in [3.63, 3.8) is 0 Å². The number of thiazole rings is 1. The van der Waals surface area contributed by atoms with Gasteiger partial charge >= 0.3 is 0 Å². The summed E-state index contributed by atoms with van der Waals surface area (Å²) >= 11 is 1.49. The fourth-order valence-corrected chi connectivity index (χ4v) is 7.18. The van der Waals surface area contributed by atoms with Crippen LogP contribution in [0.15, 0.2) is 41.3 Å². The summed E-state index contributed by atoms with van der Waals surface area (Å²) in [7, 11) is 0.230. The highest BCUT2D eigenvalue weighted by Gasteiger charge is 2.42. The highest BCUT2D eigenvalue weighted by molar-refractivity contribution is 7.89. The highest BCUT2D eigenvalue weighted by Crippen LogP contribution is 2.34. The lowest BCUT2D eigenvalue weighted by Gasteiger charge is -2.29. The number of rotatable bonds is 8. The molecule has 0 radical (unpaired) electrons. The van der Waals surface area contributed by atoms with E-state index in [0.717, 1.165) is 39.9 Å². The minimum absolute atomic E-state index is 0.189. The van der Waals surface area contributed by atoms with Gasteiger partial charge in [-0.25, -0.2) is 13.4 Å². The summed E-state index contributed by atoms with van der Waals surface area (Å²) in [5.74, 6) is -0.189. The number of aromatic nitrogens is 1. The molecule has 1 fully saturated rings. The largest absolute Gasteiger partial charge is 0.309 e. The maximum atomic E-state index is 14.0. The van der Waals surface area contributed by atoms with Gasteiger partial charge in [-0.1, -0.05) is 35.1 Å². The molecular weight excluding hydrogens is 480 g/mol. The monoisotopic (exact) mass is 514 g/mol. The first-order chi connectivity index (χ1) is 16.6. The van der Waals surface area contributed by atoms with Gasteiger partial charge in [-0.05, 0) is 90.0 Å². The van der Waals surface area contributed by atoms with E-state index in [1.807, 2.05) is 34.0 Å². The molecule has 1 amide bonds. The molecule has 35 heavy (non-hydrogen) atoms. The molecule has 1 atom stereocenters. The molecule has 1 aliphatic rings. The SMILES string of the molecule is Cc1ccc(S(=O)(=O)N2CCCC2C(=O)N(CCCN(C)C)c2nc3c(C)c(C)ccc3s2)cc1. The zero-order valence-electron chi connectivity index (χ0n) is 21.1. The standard InChI is InChI=1S/C26H34N4O3S2/c1-18-9-12-21(13-10-18)35(32,33)30-17-6-8-22(30)25(31)29(16-7-15-28(4)5)26-27-24-20(3)19(2)11-14-23(24)34-26/h9-14,22H,6-8,15-17H2,1-5H3. The van der Waals surface area contributed by atoms with E-state index in [1.165, 1.54) is 15.6 Å². The number of hydrogen-bond donors (Lipinski definition) is 0. The zero-order valence-corrected chi connectivity index (χ0v) is 22.7. The summed E-state index contributed by atoms with van der Waals surface area (Å²) in [6.07, 6.45) is 1.94. The number of hydrogen-bond acceptors (Lipinski definition) is 6. The van der Waals surface area contributed by atoms with Gasteiger partial charge in [-0.3, -0.25) is 9.69 Å². The third-order valence-electron chi connectivity index (χ3n) is 6.67. The van der Waals surface area contributed by atoms with Crippen molar-refractivity contribution in [3.8, 4) is 0 Å². The van der Waals surface area contributed by atoms with Gasteiger partial charge in [-0.15, -0.1) is 0 Å². The molecule has 0 spiro atoms. The van der Waals surface area contributed by atoms with Crippen LogP contribution in [-0.4, -0.2) is 68.3 Å². The number of aryl methyl sites for hydroxylation is 3. The fourth-order valence-electron chi connectivity index (χ4n) is 4.48. The average Bonchev–Trinajstić information content (AvgIpc) is 3.47. The van der Waals surface area contributed by atoms with Gasteiger partial charge in [0.25, 0.3) is 0 Å². The normalized spacial score (nSPS) is 16.9. The average molecular weight is 515 g/mol. The zero-order chi connectivity index (χ0) is 25.3. The Labute approximate surface area is 212 Å². The molecule has 0 N–H and O–H groups in total. The van der Waals surface area contributed by atoms with Crippen LogP contribution in [-0.2, 0) is 14.8 Å². The Bertz CT molecular complexity index is 1320. The molecule has 4 rings (SSSR count). The smallest absolute Gasteiger partial charge is 0.247 e. The molecule has 0 saturated carbocycles. The van der Waals surface area contributed by atoms with Gasteiger partial charge in [0.15, 0.2) is 5.13 Å². The molecule has 1 aromatic heterocycles. The summed E-state index contributed by atoms with van der Waals surface area (Å²) in [5, 5.41) is 0.636. The molecule has 2 aromatic carbocycles.